The molecule has 2 aromatic carbocycles. The maximum atomic E-state index is 12.5. The Labute approximate surface area is 146 Å². The maximum absolute atomic E-state index is 12.5. The third kappa shape index (κ3) is 3.77. The number of hydrogen-bond donors (Lipinski definition) is 1. The van der Waals surface area contributed by atoms with E-state index < -0.39 is 15.9 Å². The Morgan fingerprint density at radius 3 is 2.32 bits per heavy atom. The molecule has 3 rings (SSSR count). The van der Waals surface area contributed by atoms with Crippen molar-refractivity contribution in [3.63, 3.8) is 0 Å². The van der Waals surface area contributed by atoms with Gasteiger partial charge in [-0.3, -0.25) is 4.79 Å². The molecule has 1 N–H and O–H groups in total. The topological polar surface area (TPSA) is 81.1 Å². The number of benzene rings is 2. The van der Waals surface area contributed by atoms with Crippen LogP contribution >= 0.6 is 0 Å². The highest BCUT2D eigenvalue weighted by Gasteiger charge is 2.21. The lowest BCUT2D eigenvalue weighted by Crippen LogP contribution is -2.29. The Morgan fingerprint density at radius 1 is 1.04 bits per heavy atom. The molecule has 0 unspecified atom stereocenters. The first-order chi connectivity index (χ1) is 11.8. The lowest BCUT2D eigenvalue weighted by molar-refractivity contribution is 0.0982. The molecule has 1 heterocycles. The molecule has 7 heteroatoms. The maximum Gasteiger partial charge on any atom is 0.268 e. The smallest absolute Gasteiger partial charge is 0.268 e. The van der Waals surface area contributed by atoms with Crippen LogP contribution in [0.5, 0.6) is 0 Å². The van der Waals surface area contributed by atoms with Gasteiger partial charge in [-0.25, -0.2) is 17.8 Å². The first kappa shape index (κ1) is 16.9. The van der Waals surface area contributed by atoms with E-state index in [1.54, 1.807) is 4.68 Å². The Morgan fingerprint density at radius 2 is 1.68 bits per heavy atom. The highest BCUT2D eigenvalue weighted by molar-refractivity contribution is 7.89. The predicted molar refractivity (Wildman–Crippen MR) is 96.0 cm³/mol. The molecular weight excluding hydrogens is 338 g/mol. The van der Waals surface area contributed by atoms with Crippen molar-refractivity contribution in [2.24, 2.45) is 0 Å². The molecule has 0 fully saturated rings. The molecule has 1 amide bonds. The van der Waals surface area contributed by atoms with Crippen molar-refractivity contribution >= 4 is 15.9 Å². The number of nitrogens with zero attached hydrogens (tertiary/aromatic N) is 2. The van der Waals surface area contributed by atoms with E-state index in [0.717, 1.165) is 23.1 Å². The molecule has 0 aliphatic rings. The highest BCUT2D eigenvalue weighted by atomic mass is 32.2. The van der Waals surface area contributed by atoms with E-state index in [-0.39, 0.29) is 5.56 Å². The van der Waals surface area contributed by atoms with Crippen LogP contribution in [0, 0.1) is 6.92 Å². The third-order valence-electron chi connectivity index (χ3n) is 3.66. The SMILES string of the molecule is Cc1ccccc1-c1nn(-c2ccccc2)cc1C(=O)NS(C)(=O)=O. The van der Waals surface area contributed by atoms with Crippen molar-refractivity contribution in [2.45, 2.75) is 6.92 Å². The van der Waals surface area contributed by atoms with E-state index in [1.165, 1.54) is 6.20 Å². The van der Waals surface area contributed by atoms with E-state index in [0.29, 0.717) is 5.69 Å². The number of rotatable bonds is 4. The van der Waals surface area contributed by atoms with Gasteiger partial charge in [0.05, 0.1) is 17.5 Å². The summed E-state index contributed by atoms with van der Waals surface area (Å²) in [5.41, 5.74) is 3.12. The number of carbonyl (C=O) groups is 1. The van der Waals surface area contributed by atoms with Gasteiger partial charge in [-0.1, -0.05) is 42.5 Å². The zero-order valence-corrected chi connectivity index (χ0v) is 14.6. The fourth-order valence-electron chi connectivity index (χ4n) is 2.51. The number of carbonyl (C=O) groups excluding carboxylic acids is 1. The number of aryl methyl sites for hydroxylation is 1. The van der Waals surface area contributed by atoms with Crippen LogP contribution in [-0.2, 0) is 10.0 Å². The minimum absolute atomic E-state index is 0.198. The second-order valence-corrected chi connectivity index (χ2v) is 7.44. The van der Waals surface area contributed by atoms with Crippen molar-refractivity contribution in [3.05, 3.63) is 71.9 Å². The van der Waals surface area contributed by atoms with Gasteiger partial charge in [0.1, 0.15) is 5.69 Å². The van der Waals surface area contributed by atoms with Crippen LogP contribution in [0.1, 0.15) is 15.9 Å². The number of nitrogens with one attached hydrogen (secondary N) is 1. The van der Waals surface area contributed by atoms with Crippen LogP contribution in [0.4, 0.5) is 0 Å². The molecule has 0 aliphatic carbocycles. The predicted octanol–water partition coefficient (Wildman–Crippen LogP) is 2.54. The standard InChI is InChI=1S/C18H17N3O3S/c1-13-8-6-7-11-15(13)17-16(18(22)20-25(2,23)24)12-21(19-17)14-9-4-3-5-10-14/h3-12H,1-2H3,(H,20,22). The second-order valence-electron chi connectivity index (χ2n) is 5.69. The van der Waals surface area contributed by atoms with Gasteiger partial charge in [-0.05, 0) is 24.6 Å². The van der Waals surface area contributed by atoms with Gasteiger partial charge in [0.2, 0.25) is 10.0 Å². The molecule has 0 bridgehead atoms. The summed E-state index contributed by atoms with van der Waals surface area (Å²) in [5.74, 6) is -0.706. The average molecular weight is 355 g/mol. The first-order valence-corrected chi connectivity index (χ1v) is 9.47. The van der Waals surface area contributed by atoms with E-state index in [2.05, 4.69) is 5.10 Å². The van der Waals surface area contributed by atoms with Crippen LogP contribution in [0.2, 0.25) is 0 Å². The summed E-state index contributed by atoms with van der Waals surface area (Å²) in [6, 6.07) is 16.8. The number of hydrogen-bond acceptors (Lipinski definition) is 4. The van der Waals surface area contributed by atoms with Gasteiger partial charge in [-0.2, -0.15) is 5.10 Å². The van der Waals surface area contributed by atoms with E-state index in [9.17, 15) is 13.2 Å². The fourth-order valence-corrected chi connectivity index (χ4v) is 2.96. The molecule has 0 aliphatic heterocycles. The van der Waals surface area contributed by atoms with E-state index in [1.807, 2.05) is 66.2 Å². The minimum Gasteiger partial charge on any atom is -0.268 e. The summed E-state index contributed by atoms with van der Waals surface area (Å²) in [5, 5.41) is 4.52. The zero-order chi connectivity index (χ0) is 18.0. The van der Waals surface area contributed by atoms with E-state index >= 15 is 0 Å². The summed E-state index contributed by atoms with van der Waals surface area (Å²) in [6.07, 6.45) is 2.48. The van der Waals surface area contributed by atoms with Crippen LogP contribution in [-0.4, -0.2) is 30.4 Å². The molecule has 1 aromatic heterocycles. The average Bonchev–Trinajstić information content (AvgIpc) is 3.00. The van der Waals surface area contributed by atoms with Crippen LogP contribution < -0.4 is 4.72 Å². The van der Waals surface area contributed by atoms with Crippen molar-refractivity contribution in [1.82, 2.24) is 14.5 Å². The van der Waals surface area contributed by atoms with Crippen LogP contribution in [0.25, 0.3) is 16.9 Å². The molecular formula is C18H17N3O3S. The van der Waals surface area contributed by atoms with Crippen LogP contribution in [0.15, 0.2) is 60.8 Å². The first-order valence-electron chi connectivity index (χ1n) is 7.58. The Kier molecular flexibility index (Phi) is 4.41. The molecule has 0 saturated carbocycles. The summed E-state index contributed by atoms with van der Waals surface area (Å²) >= 11 is 0. The van der Waals surface area contributed by atoms with Crippen molar-refractivity contribution < 1.29 is 13.2 Å². The minimum atomic E-state index is -3.67. The van der Waals surface area contributed by atoms with Gasteiger partial charge < -0.3 is 0 Å². The molecule has 0 saturated heterocycles. The van der Waals surface area contributed by atoms with Gasteiger partial charge in [-0.15, -0.1) is 0 Å². The fraction of sp³-hybridized carbons (Fsp3) is 0.111. The Balaban J connectivity index is 2.17. The quantitative estimate of drug-likeness (QED) is 0.780. The lowest BCUT2D eigenvalue weighted by Gasteiger charge is -2.05. The van der Waals surface area contributed by atoms with Gasteiger partial charge in [0, 0.05) is 11.8 Å². The van der Waals surface area contributed by atoms with Gasteiger partial charge >= 0.3 is 0 Å². The number of aromatic nitrogens is 2. The van der Waals surface area contributed by atoms with Crippen molar-refractivity contribution in [3.8, 4) is 16.9 Å². The molecule has 25 heavy (non-hydrogen) atoms. The largest absolute Gasteiger partial charge is 0.268 e. The normalized spacial score (nSPS) is 11.3. The van der Waals surface area contributed by atoms with E-state index in [4.69, 9.17) is 0 Å². The summed E-state index contributed by atoms with van der Waals surface area (Å²) in [7, 11) is -3.67. The highest BCUT2D eigenvalue weighted by Crippen LogP contribution is 2.26. The summed E-state index contributed by atoms with van der Waals surface area (Å²) in [4.78, 5) is 12.5. The van der Waals surface area contributed by atoms with Crippen molar-refractivity contribution in [1.29, 1.82) is 0 Å². The Bertz CT molecular complexity index is 1020. The number of amides is 1. The monoisotopic (exact) mass is 355 g/mol. The molecule has 128 valence electrons. The number of para-hydroxylation sites is 1. The molecule has 0 radical (unpaired) electrons. The molecule has 0 spiro atoms. The molecule has 0 atom stereocenters. The Hall–Kier alpha value is -2.93. The summed E-state index contributed by atoms with van der Waals surface area (Å²) in [6.45, 7) is 1.91. The van der Waals surface area contributed by atoms with Crippen molar-refractivity contribution in [2.75, 3.05) is 6.26 Å². The van der Waals surface area contributed by atoms with Gasteiger partial charge in [0.25, 0.3) is 5.91 Å². The third-order valence-corrected chi connectivity index (χ3v) is 4.21. The molecule has 3 aromatic rings. The van der Waals surface area contributed by atoms with Gasteiger partial charge in [0.15, 0.2) is 0 Å². The second kappa shape index (κ2) is 6.52. The number of sulfonamides is 1. The summed E-state index contributed by atoms with van der Waals surface area (Å²) < 4.78 is 26.5. The van der Waals surface area contributed by atoms with Crippen LogP contribution in [0.3, 0.4) is 0 Å². The molecule has 6 nitrogen and oxygen atoms in total. The lowest BCUT2D eigenvalue weighted by atomic mass is 10.0. The zero-order valence-electron chi connectivity index (χ0n) is 13.8.